The van der Waals surface area contributed by atoms with Gasteiger partial charge in [-0.2, -0.15) is 26.3 Å². The molecule has 0 spiro atoms. The first kappa shape index (κ1) is 58.0. The van der Waals surface area contributed by atoms with Crippen LogP contribution in [0.15, 0.2) is 109 Å². The number of halogens is 6. The largest absolute Gasteiger partial charge is 0.416 e. The Hall–Kier alpha value is -9.06. The SMILES string of the molecule is CC1(C)C[C@@H]1C(=O)Nc1cccc(NC(=O)[C@@H]2CC2(C)C)c1-c1c2nc(c(-c3ccc(C(F)(F)F)cc3)c3ccc([nH]3)c(-c3c(NC(=O)[C@H]4CC4(C)C)cccc3NC(=O)[C@@H]3CC3(C)C)c3nc(c(-c4ccc(C(F)(F)F)cc4)c4ccc1[nH]4)C=C3)C=C2. The number of carbonyl (C=O) groups is 4. The van der Waals surface area contributed by atoms with Crippen molar-refractivity contribution in [2.24, 2.45) is 45.3 Å². The van der Waals surface area contributed by atoms with Gasteiger partial charge < -0.3 is 31.2 Å². The fourth-order valence-corrected chi connectivity index (χ4v) is 12.6. The van der Waals surface area contributed by atoms with Gasteiger partial charge in [0.05, 0.1) is 56.7 Å². The van der Waals surface area contributed by atoms with Crippen LogP contribution in [0.3, 0.4) is 0 Å². The van der Waals surface area contributed by atoms with E-state index < -0.39 is 23.5 Å². The Balaban J connectivity index is 1.14. The molecule has 0 saturated heterocycles. The zero-order chi connectivity index (χ0) is 62.4. The normalized spacial score (nSPS) is 20.4. The Labute approximate surface area is 503 Å². The molecule has 4 atom stereocenters. The van der Waals surface area contributed by atoms with Gasteiger partial charge in [-0.15, -0.1) is 0 Å². The van der Waals surface area contributed by atoms with Crippen molar-refractivity contribution in [1.82, 2.24) is 19.9 Å². The number of hydrogen-bond donors (Lipinski definition) is 6. The third kappa shape index (κ3) is 10.8. The molecule has 88 heavy (non-hydrogen) atoms. The Morgan fingerprint density at radius 1 is 0.375 bits per heavy atom. The first-order valence-corrected chi connectivity index (χ1v) is 29.5. The summed E-state index contributed by atoms with van der Waals surface area (Å²) in [5, 5.41) is 12.7. The zero-order valence-electron chi connectivity index (χ0n) is 49.6. The summed E-state index contributed by atoms with van der Waals surface area (Å²) in [6, 6.07) is 27.0. The summed E-state index contributed by atoms with van der Waals surface area (Å²) in [4.78, 5) is 74.9. The highest BCUT2D eigenvalue weighted by atomic mass is 19.4. The molecular weight excluding hydrogens is 1130 g/mol. The molecule has 6 aliphatic rings. The summed E-state index contributed by atoms with van der Waals surface area (Å²) in [7, 11) is 0. The highest BCUT2D eigenvalue weighted by molar-refractivity contribution is 6.12. The standard InChI is InChI=1S/C70H64F6N8O4/c1-65(2)31-39(65)61(85)81-43-11-9-12-44(82-62(86)40-32-66(40,3)4)57(43)59-51-27-23-47(77-51)55(35-15-19-37(20-16-35)69(71,72)73)49-25-29-53(79-49)60(54-30-26-50(80-54)56(48-24-28-52(59)78-48)36-17-21-38(22-18-36)70(74,75)76)58-45(83-63(87)41-33-67(41,5)6)13-10-14-46(58)84-64(88)42-34-68(42,7)8/h9-30,39-42,77,80H,31-34H2,1-8H3,(H,81,85)(H,82,86)(H,83,87)(H,84,88)/t39-,40+,41-,42+. The highest BCUT2D eigenvalue weighted by Gasteiger charge is 2.53. The maximum absolute atomic E-state index is 14.4. The van der Waals surface area contributed by atoms with Crippen LogP contribution < -0.4 is 21.3 Å². The minimum Gasteiger partial charge on any atom is -0.354 e. The number of alkyl halides is 6. The van der Waals surface area contributed by atoms with E-state index >= 15 is 0 Å². The lowest BCUT2D eigenvalue weighted by atomic mass is 9.98. The van der Waals surface area contributed by atoms with Gasteiger partial charge >= 0.3 is 12.4 Å². The van der Waals surface area contributed by atoms with Gasteiger partial charge in [-0.25, -0.2) is 9.97 Å². The van der Waals surface area contributed by atoms with E-state index in [-0.39, 0.29) is 69.0 Å². The predicted molar refractivity (Wildman–Crippen MR) is 333 cm³/mol. The third-order valence-electron chi connectivity index (χ3n) is 18.7. The van der Waals surface area contributed by atoms with E-state index in [0.717, 1.165) is 24.3 Å². The van der Waals surface area contributed by atoms with E-state index in [1.807, 2.05) is 55.4 Å². The number of benzene rings is 4. The van der Waals surface area contributed by atoms with Crippen molar-refractivity contribution < 1.29 is 45.5 Å². The van der Waals surface area contributed by atoms with Gasteiger partial charge in [-0.05, 0) is 156 Å². The summed E-state index contributed by atoms with van der Waals surface area (Å²) in [5.74, 6) is -2.20. The number of hydrogen-bond acceptors (Lipinski definition) is 6. The maximum atomic E-state index is 14.4. The number of anilines is 4. The van der Waals surface area contributed by atoms with E-state index in [0.29, 0.717) is 138 Å². The van der Waals surface area contributed by atoms with Gasteiger partial charge in [-0.3, -0.25) is 19.2 Å². The lowest BCUT2D eigenvalue weighted by molar-refractivity contribution is -0.138. The van der Waals surface area contributed by atoms with Crippen molar-refractivity contribution in [3.05, 3.63) is 143 Å². The zero-order valence-corrected chi connectivity index (χ0v) is 49.6. The molecule has 450 valence electrons. The fourth-order valence-electron chi connectivity index (χ4n) is 12.6. The van der Waals surface area contributed by atoms with E-state index in [1.54, 1.807) is 85.0 Å². The van der Waals surface area contributed by atoms with Gasteiger partial charge in [0, 0.05) is 79.1 Å². The van der Waals surface area contributed by atoms with Crippen molar-refractivity contribution >= 4 is 92.7 Å². The average Bonchev–Trinajstić information content (AvgIpc) is 1.67. The second-order valence-electron chi connectivity index (χ2n) is 27.0. The number of aromatic amines is 2. The molecule has 4 aliphatic carbocycles. The number of aromatic nitrogens is 4. The van der Waals surface area contributed by atoms with E-state index in [2.05, 4.69) is 31.2 Å². The van der Waals surface area contributed by atoms with Crippen LogP contribution in [0, 0.1) is 45.3 Å². The number of fused-ring (bicyclic) bond motifs is 8. The summed E-state index contributed by atoms with van der Waals surface area (Å²) in [5.41, 5.74) is 4.35. The molecule has 2 aliphatic heterocycles. The molecule has 0 unspecified atom stereocenters. The minimum absolute atomic E-state index is 0.235. The lowest BCUT2D eigenvalue weighted by Crippen LogP contribution is -2.19. The van der Waals surface area contributed by atoms with Gasteiger partial charge in [-0.1, -0.05) is 91.8 Å². The molecule has 5 heterocycles. The number of amides is 4. The molecule has 6 N–H and O–H groups in total. The van der Waals surface area contributed by atoms with Crippen LogP contribution in [0.4, 0.5) is 49.1 Å². The van der Waals surface area contributed by atoms with Gasteiger partial charge in [0.25, 0.3) is 0 Å². The quantitative estimate of drug-likeness (QED) is 0.0664. The minimum atomic E-state index is -4.66. The molecule has 7 aromatic rings. The van der Waals surface area contributed by atoms with Crippen LogP contribution in [-0.2, 0) is 31.5 Å². The third-order valence-corrected chi connectivity index (χ3v) is 18.7. The molecule has 8 bridgehead atoms. The fraction of sp³-hybridized carbons (Fsp3) is 0.314. The topological polar surface area (TPSA) is 174 Å². The molecule has 4 aromatic carbocycles. The molecule has 4 amide bonds. The van der Waals surface area contributed by atoms with E-state index in [4.69, 9.17) is 9.97 Å². The maximum Gasteiger partial charge on any atom is 0.416 e. The molecule has 0 radical (unpaired) electrons. The number of carbonyl (C=O) groups excluding carboxylic acids is 4. The molecule has 4 saturated carbocycles. The smallest absolute Gasteiger partial charge is 0.354 e. The van der Waals surface area contributed by atoms with Gasteiger partial charge in [0.2, 0.25) is 23.6 Å². The number of nitrogens with zero attached hydrogens (tertiary/aromatic N) is 2. The van der Waals surface area contributed by atoms with E-state index in [1.165, 1.54) is 24.3 Å². The van der Waals surface area contributed by atoms with Crippen molar-refractivity contribution in [1.29, 1.82) is 0 Å². The molecular formula is C70H64F6N8O4. The first-order chi connectivity index (χ1) is 41.5. The monoisotopic (exact) mass is 1190 g/mol. The summed E-state index contributed by atoms with van der Waals surface area (Å²) < 4.78 is 86.1. The van der Waals surface area contributed by atoms with Crippen molar-refractivity contribution in [2.45, 2.75) is 93.4 Å². The number of nitrogens with one attached hydrogen (secondary N) is 6. The Morgan fingerprint density at radius 3 is 0.852 bits per heavy atom. The molecule has 3 aromatic heterocycles. The van der Waals surface area contributed by atoms with Crippen molar-refractivity contribution in [2.75, 3.05) is 21.3 Å². The second-order valence-corrected chi connectivity index (χ2v) is 27.0. The van der Waals surface area contributed by atoms with Gasteiger partial charge in [0.15, 0.2) is 0 Å². The first-order valence-electron chi connectivity index (χ1n) is 29.5. The van der Waals surface area contributed by atoms with Crippen LogP contribution in [0.25, 0.3) is 90.9 Å². The molecule has 4 fully saturated rings. The second kappa shape index (κ2) is 20.3. The van der Waals surface area contributed by atoms with Crippen LogP contribution in [0.2, 0.25) is 0 Å². The highest BCUT2D eigenvalue weighted by Crippen LogP contribution is 2.56. The van der Waals surface area contributed by atoms with Crippen molar-refractivity contribution in [3.63, 3.8) is 0 Å². The van der Waals surface area contributed by atoms with Crippen LogP contribution in [-0.4, -0.2) is 43.6 Å². The number of rotatable bonds is 12. The molecule has 12 nitrogen and oxygen atoms in total. The Kier molecular flexibility index (Phi) is 13.3. The van der Waals surface area contributed by atoms with Crippen LogP contribution in [0.5, 0.6) is 0 Å². The number of H-pyrrole nitrogens is 2. The molecule has 18 heteroatoms. The Bertz CT molecular complexity index is 3990. The summed E-state index contributed by atoms with van der Waals surface area (Å²) in [6.07, 6.45) is 0.217. The summed E-state index contributed by atoms with van der Waals surface area (Å²) >= 11 is 0. The van der Waals surface area contributed by atoms with Crippen LogP contribution in [0.1, 0.15) is 115 Å². The predicted octanol–water partition coefficient (Wildman–Crippen LogP) is 17.3. The lowest BCUT2D eigenvalue weighted by Gasteiger charge is -2.18. The van der Waals surface area contributed by atoms with Gasteiger partial charge in [0.1, 0.15) is 0 Å². The van der Waals surface area contributed by atoms with Crippen molar-refractivity contribution in [3.8, 4) is 44.5 Å². The summed E-state index contributed by atoms with van der Waals surface area (Å²) in [6.45, 7) is 16.1. The van der Waals surface area contributed by atoms with E-state index in [9.17, 15) is 45.5 Å². The van der Waals surface area contributed by atoms with Crippen LogP contribution >= 0.6 is 0 Å². The Morgan fingerprint density at radius 2 is 0.614 bits per heavy atom. The average molecular weight is 1200 g/mol. The molecule has 13 rings (SSSR count).